The number of benzene rings is 2. The number of hydrazone groups is 1. The molecule has 0 saturated heterocycles. The quantitative estimate of drug-likeness (QED) is 0.695. The summed E-state index contributed by atoms with van der Waals surface area (Å²) in [7, 11) is 0. The maximum Gasteiger partial charge on any atom is 0.161 e. The Balaban J connectivity index is 1.70. The monoisotopic (exact) mass is 422 g/mol. The molecule has 2 aliphatic rings. The second-order valence-corrected chi connectivity index (χ2v) is 7.51. The van der Waals surface area contributed by atoms with Crippen LogP contribution in [0.2, 0.25) is 0 Å². The highest BCUT2D eigenvalue weighted by molar-refractivity contribution is 5.66. The van der Waals surface area contributed by atoms with Gasteiger partial charge in [0.15, 0.2) is 5.82 Å². The highest BCUT2D eigenvalue weighted by atomic mass is 19.1. The molecule has 0 unspecified atom stereocenters. The van der Waals surface area contributed by atoms with Gasteiger partial charge in [0.05, 0.1) is 18.9 Å². The van der Waals surface area contributed by atoms with E-state index in [1.165, 1.54) is 24.3 Å². The van der Waals surface area contributed by atoms with E-state index in [0.29, 0.717) is 18.1 Å². The fraction of sp³-hybridized carbons (Fsp3) is 0.217. The molecule has 1 aromatic heterocycles. The van der Waals surface area contributed by atoms with Crippen LogP contribution in [0.5, 0.6) is 0 Å². The zero-order valence-electron chi connectivity index (χ0n) is 16.5. The lowest BCUT2D eigenvalue weighted by molar-refractivity contribution is 0.145. The Kier molecular flexibility index (Phi) is 4.99. The third kappa shape index (κ3) is 3.59. The highest BCUT2D eigenvalue weighted by Gasteiger charge is 2.39. The number of aromatic nitrogens is 2. The SMILES string of the molecule is O/C1=C2\c3nccn3C[C@H]([C@H](c3ccc(F)cc3)c3cccc(F)c3)N2/N=C\COC1. The van der Waals surface area contributed by atoms with Gasteiger partial charge in [-0.2, -0.15) is 5.10 Å². The van der Waals surface area contributed by atoms with Crippen LogP contribution in [0.4, 0.5) is 8.78 Å². The van der Waals surface area contributed by atoms with Crippen LogP contribution in [-0.2, 0) is 11.3 Å². The minimum Gasteiger partial charge on any atom is -0.507 e. The highest BCUT2D eigenvalue weighted by Crippen LogP contribution is 2.40. The van der Waals surface area contributed by atoms with Crippen molar-refractivity contribution >= 4 is 11.9 Å². The molecule has 0 amide bonds. The van der Waals surface area contributed by atoms with Gasteiger partial charge in [-0.25, -0.2) is 13.8 Å². The van der Waals surface area contributed by atoms with Gasteiger partial charge < -0.3 is 14.4 Å². The summed E-state index contributed by atoms with van der Waals surface area (Å²) in [5.41, 5.74) is 1.99. The van der Waals surface area contributed by atoms with Crippen molar-refractivity contribution in [2.24, 2.45) is 5.10 Å². The molecule has 0 saturated carbocycles. The van der Waals surface area contributed by atoms with E-state index >= 15 is 0 Å². The number of fused-ring (bicyclic) bond motifs is 3. The van der Waals surface area contributed by atoms with Gasteiger partial charge in [-0.05, 0) is 35.4 Å². The number of nitrogens with zero attached hydrogens (tertiary/aromatic N) is 4. The van der Waals surface area contributed by atoms with E-state index in [1.807, 2.05) is 16.8 Å². The molecule has 8 heteroatoms. The van der Waals surface area contributed by atoms with Crippen LogP contribution in [0.1, 0.15) is 22.9 Å². The molecule has 2 aliphatic heterocycles. The Morgan fingerprint density at radius 1 is 1.06 bits per heavy atom. The van der Waals surface area contributed by atoms with Crippen LogP contribution in [0.25, 0.3) is 5.70 Å². The van der Waals surface area contributed by atoms with Gasteiger partial charge in [-0.3, -0.25) is 5.01 Å². The van der Waals surface area contributed by atoms with Gasteiger partial charge in [0.1, 0.15) is 29.7 Å². The largest absolute Gasteiger partial charge is 0.507 e. The zero-order chi connectivity index (χ0) is 21.4. The van der Waals surface area contributed by atoms with Gasteiger partial charge in [0.25, 0.3) is 0 Å². The molecule has 0 aliphatic carbocycles. The first-order valence-corrected chi connectivity index (χ1v) is 9.96. The molecule has 0 bridgehead atoms. The smallest absolute Gasteiger partial charge is 0.161 e. The standard InChI is InChI=1S/C23H20F2N4O2/c24-17-6-4-15(5-7-17)21(16-2-1-3-18(25)12-16)19-13-28-10-8-26-23(28)22-20(30)14-31-11-9-27-29(19)22/h1-10,12,19,21,30H,11,13-14H2/b22-20+,27-9-/t19-,21-/m1/s1. The van der Waals surface area contributed by atoms with Crippen molar-refractivity contribution in [1.29, 1.82) is 0 Å². The van der Waals surface area contributed by atoms with Crippen molar-refractivity contribution in [2.75, 3.05) is 13.2 Å². The summed E-state index contributed by atoms with van der Waals surface area (Å²) in [4.78, 5) is 4.39. The van der Waals surface area contributed by atoms with Crippen LogP contribution in [-0.4, -0.2) is 45.1 Å². The Morgan fingerprint density at radius 3 is 2.71 bits per heavy atom. The van der Waals surface area contributed by atoms with Crippen molar-refractivity contribution in [3.05, 3.63) is 95.3 Å². The van der Waals surface area contributed by atoms with Crippen LogP contribution in [0, 0.1) is 11.6 Å². The van der Waals surface area contributed by atoms with Crippen molar-refractivity contribution in [3.8, 4) is 0 Å². The number of hydrogen-bond acceptors (Lipinski definition) is 5. The molecule has 6 nitrogen and oxygen atoms in total. The third-order valence-corrected chi connectivity index (χ3v) is 5.59. The molecular formula is C23H20F2N4O2. The number of aliphatic hydroxyl groups excluding tert-OH is 1. The normalized spacial score (nSPS) is 22.8. The minimum atomic E-state index is -0.355. The fourth-order valence-corrected chi connectivity index (χ4v) is 4.28. The number of aliphatic hydroxyl groups is 1. The summed E-state index contributed by atoms with van der Waals surface area (Å²) in [6.45, 7) is 0.762. The van der Waals surface area contributed by atoms with Crippen molar-refractivity contribution in [2.45, 2.75) is 18.5 Å². The van der Waals surface area contributed by atoms with Crippen molar-refractivity contribution < 1.29 is 18.6 Å². The lowest BCUT2D eigenvalue weighted by Gasteiger charge is -2.41. The first-order valence-electron chi connectivity index (χ1n) is 9.96. The zero-order valence-corrected chi connectivity index (χ0v) is 16.5. The fourth-order valence-electron chi connectivity index (χ4n) is 4.28. The average molecular weight is 422 g/mol. The molecule has 2 aromatic carbocycles. The maximum atomic E-state index is 14.2. The third-order valence-electron chi connectivity index (χ3n) is 5.59. The lowest BCUT2D eigenvalue weighted by atomic mass is 9.83. The molecule has 0 radical (unpaired) electrons. The van der Waals surface area contributed by atoms with E-state index in [2.05, 4.69) is 10.1 Å². The van der Waals surface area contributed by atoms with Gasteiger partial charge in [-0.1, -0.05) is 24.3 Å². The summed E-state index contributed by atoms with van der Waals surface area (Å²) in [5.74, 6) is -0.458. The van der Waals surface area contributed by atoms with E-state index in [1.54, 1.807) is 35.6 Å². The average Bonchev–Trinajstić information content (AvgIpc) is 3.21. The Bertz CT molecular complexity index is 1160. The number of halogens is 2. The molecule has 5 rings (SSSR count). The second kappa shape index (κ2) is 7.96. The number of hydrogen-bond donors (Lipinski definition) is 1. The van der Waals surface area contributed by atoms with Gasteiger partial charge in [0.2, 0.25) is 0 Å². The number of ether oxygens (including phenoxy) is 1. The van der Waals surface area contributed by atoms with Gasteiger partial charge in [-0.15, -0.1) is 0 Å². The maximum absolute atomic E-state index is 14.2. The Labute approximate surface area is 177 Å². The van der Waals surface area contributed by atoms with Crippen LogP contribution in [0.3, 0.4) is 0 Å². The lowest BCUT2D eigenvalue weighted by Crippen LogP contribution is -2.44. The second-order valence-electron chi connectivity index (χ2n) is 7.51. The molecule has 3 heterocycles. The topological polar surface area (TPSA) is 62.9 Å². The Morgan fingerprint density at radius 2 is 1.90 bits per heavy atom. The predicted molar refractivity (Wildman–Crippen MR) is 111 cm³/mol. The molecular weight excluding hydrogens is 402 g/mol. The van der Waals surface area contributed by atoms with Crippen LogP contribution >= 0.6 is 0 Å². The minimum absolute atomic E-state index is 0.0195. The predicted octanol–water partition coefficient (Wildman–Crippen LogP) is 3.92. The molecule has 1 N–H and O–H groups in total. The molecule has 0 spiro atoms. The van der Waals surface area contributed by atoms with E-state index in [9.17, 15) is 13.9 Å². The van der Waals surface area contributed by atoms with E-state index in [4.69, 9.17) is 4.74 Å². The van der Waals surface area contributed by atoms with Crippen LogP contribution < -0.4 is 0 Å². The van der Waals surface area contributed by atoms with E-state index in [-0.39, 0.29) is 42.6 Å². The summed E-state index contributed by atoms with van der Waals surface area (Å²) < 4.78 is 35.2. The summed E-state index contributed by atoms with van der Waals surface area (Å²) in [6, 6.07) is 12.2. The first kappa shape index (κ1) is 19.4. The summed E-state index contributed by atoms with van der Waals surface area (Å²) >= 11 is 0. The van der Waals surface area contributed by atoms with E-state index in [0.717, 1.165) is 11.1 Å². The van der Waals surface area contributed by atoms with Crippen LogP contribution in [0.15, 0.2) is 71.8 Å². The molecule has 2 atom stereocenters. The molecule has 3 aromatic rings. The molecule has 0 fully saturated rings. The van der Waals surface area contributed by atoms with Crippen molar-refractivity contribution in [3.63, 3.8) is 0 Å². The molecule has 158 valence electrons. The number of imidazole rings is 1. The van der Waals surface area contributed by atoms with Crippen molar-refractivity contribution in [1.82, 2.24) is 14.6 Å². The van der Waals surface area contributed by atoms with Gasteiger partial charge >= 0.3 is 0 Å². The van der Waals surface area contributed by atoms with Gasteiger partial charge in [0, 0.05) is 24.9 Å². The Hall–Kier alpha value is -3.52. The molecule has 31 heavy (non-hydrogen) atoms. The van der Waals surface area contributed by atoms with E-state index < -0.39 is 0 Å². The summed E-state index contributed by atoms with van der Waals surface area (Å²) in [6.07, 6.45) is 5.12. The first-order chi connectivity index (χ1) is 15.1. The summed E-state index contributed by atoms with van der Waals surface area (Å²) in [5, 5.41) is 17.1. The number of rotatable bonds is 3.